The first-order valence-corrected chi connectivity index (χ1v) is 5.65. The second-order valence-electron chi connectivity index (χ2n) is 3.95. The van der Waals surface area contributed by atoms with E-state index in [0.29, 0.717) is 10.9 Å². The fourth-order valence-corrected chi connectivity index (χ4v) is 2.13. The Morgan fingerprint density at radius 1 is 1.53 bits per heavy atom. The van der Waals surface area contributed by atoms with Gasteiger partial charge in [-0.25, -0.2) is 4.98 Å². The molecule has 0 aliphatic carbocycles. The Hall–Kier alpha value is -0.800. The summed E-state index contributed by atoms with van der Waals surface area (Å²) in [5.41, 5.74) is 0. The Balaban J connectivity index is 1.98. The molecule has 1 atom stereocenters. The number of aromatic nitrogens is 1. The Bertz CT molecular complexity index is 315. The van der Waals surface area contributed by atoms with Crippen LogP contribution in [0.2, 0.25) is 5.02 Å². The van der Waals surface area contributed by atoms with Gasteiger partial charge in [-0.15, -0.1) is 0 Å². The molecule has 1 saturated heterocycles. The second kappa shape index (κ2) is 4.81. The standard InChI is InChI=1S/C11H15ClN2O/c12-10-1-2-11(13-7-10)14-5-3-9(8-14)4-6-15/h1-2,7,9,15H,3-6,8H2. The Morgan fingerprint density at radius 2 is 2.40 bits per heavy atom. The van der Waals surface area contributed by atoms with Crippen molar-refractivity contribution in [3.05, 3.63) is 23.4 Å². The average Bonchev–Trinajstić information content (AvgIpc) is 2.68. The summed E-state index contributed by atoms with van der Waals surface area (Å²) in [5, 5.41) is 9.54. The molecule has 1 aliphatic rings. The van der Waals surface area contributed by atoms with Gasteiger partial charge in [0.15, 0.2) is 0 Å². The van der Waals surface area contributed by atoms with E-state index >= 15 is 0 Å². The number of hydrogen-bond donors (Lipinski definition) is 1. The molecule has 1 aromatic heterocycles. The van der Waals surface area contributed by atoms with Crippen molar-refractivity contribution in [2.24, 2.45) is 5.92 Å². The molecule has 2 rings (SSSR count). The first kappa shape index (κ1) is 10.7. The van der Waals surface area contributed by atoms with E-state index in [4.69, 9.17) is 16.7 Å². The van der Waals surface area contributed by atoms with Crippen molar-refractivity contribution in [1.29, 1.82) is 0 Å². The minimum atomic E-state index is 0.284. The minimum Gasteiger partial charge on any atom is -0.396 e. The maximum atomic E-state index is 8.87. The molecule has 2 heterocycles. The average molecular weight is 227 g/mol. The summed E-state index contributed by atoms with van der Waals surface area (Å²) in [6, 6.07) is 3.81. The van der Waals surface area contributed by atoms with E-state index in [-0.39, 0.29) is 6.61 Å². The van der Waals surface area contributed by atoms with E-state index in [9.17, 15) is 0 Å². The lowest BCUT2D eigenvalue weighted by atomic mass is 10.1. The fourth-order valence-electron chi connectivity index (χ4n) is 2.01. The van der Waals surface area contributed by atoms with Crippen LogP contribution in [-0.2, 0) is 0 Å². The zero-order valence-corrected chi connectivity index (χ0v) is 9.32. The van der Waals surface area contributed by atoms with Crippen LogP contribution in [-0.4, -0.2) is 29.8 Å². The van der Waals surface area contributed by atoms with E-state index in [0.717, 1.165) is 31.7 Å². The summed E-state index contributed by atoms with van der Waals surface area (Å²) in [5.74, 6) is 1.59. The third-order valence-electron chi connectivity index (χ3n) is 2.86. The smallest absolute Gasteiger partial charge is 0.128 e. The van der Waals surface area contributed by atoms with Gasteiger partial charge >= 0.3 is 0 Å². The molecule has 0 aromatic carbocycles. The number of halogens is 1. The zero-order chi connectivity index (χ0) is 10.7. The Morgan fingerprint density at radius 3 is 3.07 bits per heavy atom. The highest BCUT2D eigenvalue weighted by Gasteiger charge is 2.22. The van der Waals surface area contributed by atoms with Crippen molar-refractivity contribution >= 4 is 17.4 Å². The molecule has 1 aliphatic heterocycles. The molecule has 4 heteroatoms. The summed E-state index contributed by atoms with van der Waals surface area (Å²) in [4.78, 5) is 6.53. The lowest BCUT2D eigenvalue weighted by molar-refractivity contribution is 0.263. The monoisotopic (exact) mass is 226 g/mol. The van der Waals surface area contributed by atoms with Crippen LogP contribution in [0.3, 0.4) is 0 Å². The van der Waals surface area contributed by atoms with Crippen LogP contribution in [0.5, 0.6) is 0 Å². The summed E-state index contributed by atoms with van der Waals surface area (Å²) in [6.45, 7) is 2.31. The molecular formula is C11H15ClN2O. The highest BCUT2D eigenvalue weighted by Crippen LogP contribution is 2.24. The molecule has 0 spiro atoms. The Labute approximate surface area is 94.7 Å². The molecule has 3 nitrogen and oxygen atoms in total. The zero-order valence-electron chi connectivity index (χ0n) is 8.56. The summed E-state index contributed by atoms with van der Waals surface area (Å²) in [7, 11) is 0. The van der Waals surface area contributed by atoms with Crippen LogP contribution >= 0.6 is 11.6 Å². The number of pyridine rings is 1. The van der Waals surface area contributed by atoms with Crippen molar-refractivity contribution in [3.63, 3.8) is 0 Å². The van der Waals surface area contributed by atoms with Crippen LogP contribution < -0.4 is 4.90 Å². The normalized spacial score (nSPS) is 20.9. The number of nitrogens with zero attached hydrogens (tertiary/aromatic N) is 2. The van der Waals surface area contributed by atoms with E-state index in [1.165, 1.54) is 0 Å². The number of aliphatic hydroxyl groups excluding tert-OH is 1. The van der Waals surface area contributed by atoms with Gasteiger partial charge in [-0.3, -0.25) is 0 Å². The first-order chi connectivity index (χ1) is 7.29. The number of rotatable bonds is 3. The van der Waals surface area contributed by atoms with Gasteiger partial charge in [-0.2, -0.15) is 0 Å². The van der Waals surface area contributed by atoms with Crippen molar-refractivity contribution in [2.75, 3.05) is 24.6 Å². The van der Waals surface area contributed by atoms with E-state index in [2.05, 4.69) is 9.88 Å². The van der Waals surface area contributed by atoms with E-state index in [1.807, 2.05) is 12.1 Å². The van der Waals surface area contributed by atoms with Crippen molar-refractivity contribution in [2.45, 2.75) is 12.8 Å². The molecule has 82 valence electrons. The fraction of sp³-hybridized carbons (Fsp3) is 0.545. The lowest BCUT2D eigenvalue weighted by Gasteiger charge is -2.17. The SMILES string of the molecule is OCCC1CCN(c2ccc(Cl)cn2)C1. The number of hydrogen-bond acceptors (Lipinski definition) is 3. The third kappa shape index (κ3) is 2.61. The topological polar surface area (TPSA) is 36.4 Å². The summed E-state index contributed by atoms with van der Waals surface area (Å²) >= 11 is 5.78. The molecular weight excluding hydrogens is 212 g/mol. The Kier molecular flexibility index (Phi) is 3.44. The van der Waals surface area contributed by atoms with Crippen LogP contribution in [0.15, 0.2) is 18.3 Å². The van der Waals surface area contributed by atoms with E-state index in [1.54, 1.807) is 6.20 Å². The van der Waals surface area contributed by atoms with Gasteiger partial charge in [0.05, 0.1) is 5.02 Å². The van der Waals surface area contributed by atoms with Crippen molar-refractivity contribution < 1.29 is 5.11 Å². The van der Waals surface area contributed by atoms with Gasteiger partial charge in [0.25, 0.3) is 0 Å². The van der Waals surface area contributed by atoms with Crippen LogP contribution in [0, 0.1) is 5.92 Å². The second-order valence-corrected chi connectivity index (χ2v) is 4.38. The van der Waals surface area contributed by atoms with Gasteiger partial charge in [-0.05, 0) is 30.9 Å². The van der Waals surface area contributed by atoms with Crippen LogP contribution in [0.25, 0.3) is 0 Å². The molecule has 0 bridgehead atoms. The van der Waals surface area contributed by atoms with Gasteiger partial charge in [0.2, 0.25) is 0 Å². The van der Waals surface area contributed by atoms with Crippen molar-refractivity contribution in [1.82, 2.24) is 4.98 Å². The van der Waals surface area contributed by atoms with Gasteiger partial charge < -0.3 is 10.0 Å². The maximum Gasteiger partial charge on any atom is 0.128 e. The van der Waals surface area contributed by atoms with Crippen molar-refractivity contribution in [3.8, 4) is 0 Å². The third-order valence-corrected chi connectivity index (χ3v) is 3.08. The lowest BCUT2D eigenvalue weighted by Crippen LogP contribution is -2.20. The molecule has 15 heavy (non-hydrogen) atoms. The first-order valence-electron chi connectivity index (χ1n) is 5.27. The van der Waals surface area contributed by atoms with Gasteiger partial charge in [0.1, 0.15) is 5.82 Å². The predicted molar refractivity (Wildman–Crippen MR) is 61.3 cm³/mol. The maximum absolute atomic E-state index is 8.87. The molecule has 1 aromatic rings. The predicted octanol–water partition coefficient (Wildman–Crippen LogP) is 1.94. The highest BCUT2D eigenvalue weighted by molar-refractivity contribution is 6.30. The van der Waals surface area contributed by atoms with Crippen LogP contribution in [0.1, 0.15) is 12.8 Å². The largest absolute Gasteiger partial charge is 0.396 e. The molecule has 1 unspecified atom stereocenters. The minimum absolute atomic E-state index is 0.284. The van der Waals surface area contributed by atoms with E-state index < -0.39 is 0 Å². The number of aliphatic hydroxyl groups is 1. The number of anilines is 1. The van der Waals surface area contributed by atoms with Crippen LogP contribution in [0.4, 0.5) is 5.82 Å². The summed E-state index contributed by atoms with van der Waals surface area (Å²) < 4.78 is 0. The van der Waals surface area contributed by atoms with Gasteiger partial charge in [0, 0.05) is 25.9 Å². The molecule has 1 fully saturated rings. The quantitative estimate of drug-likeness (QED) is 0.856. The highest BCUT2D eigenvalue weighted by atomic mass is 35.5. The van der Waals surface area contributed by atoms with Gasteiger partial charge in [-0.1, -0.05) is 11.6 Å². The molecule has 0 amide bonds. The molecule has 0 saturated carbocycles. The molecule has 1 N–H and O–H groups in total. The summed E-state index contributed by atoms with van der Waals surface area (Å²) in [6.07, 6.45) is 3.71. The molecule has 0 radical (unpaired) electrons.